The molecule has 33 nitrogen and oxygen atoms in total. The Hall–Kier alpha value is -11.7. The number of nitrogens with zero attached hydrogens (tertiary/aromatic N) is 4. The van der Waals surface area contributed by atoms with Crippen molar-refractivity contribution in [3.05, 3.63) is 143 Å². The van der Waals surface area contributed by atoms with E-state index in [9.17, 15) is 66.5 Å². The number of nitrogens with one attached hydrogen (secondary N) is 13. The van der Waals surface area contributed by atoms with Gasteiger partial charge in [0.05, 0.1) is 6.61 Å². The number of hydrogen-bond acceptors (Lipinski definition) is 17. The van der Waals surface area contributed by atoms with Gasteiger partial charge in [-0.05, 0) is 162 Å². The van der Waals surface area contributed by atoms with Crippen molar-refractivity contribution in [2.75, 3.05) is 52.4 Å². The van der Waals surface area contributed by atoms with Crippen molar-refractivity contribution in [2.24, 2.45) is 21.6 Å². The third-order valence-electron chi connectivity index (χ3n) is 18.7. The maximum absolute atomic E-state index is 15.2. The summed E-state index contributed by atoms with van der Waals surface area (Å²) < 4.78 is 31.7. The second-order valence-corrected chi connectivity index (χ2v) is 29.3. The number of rotatable bonds is 44. The van der Waals surface area contributed by atoms with Crippen molar-refractivity contribution in [2.45, 2.75) is 205 Å². The zero-order valence-electron chi connectivity index (χ0n) is 68.3. The van der Waals surface area contributed by atoms with Crippen LogP contribution in [0, 0.1) is 5.92 Å². The first-order valence-electron chi connectivity index (χ1n) is 39.8. The molecule has 6 rings (SSSR count). The predicted octanol–water partition coefficient (Wildman–Crippen LogP) is 2.91. The van der Waals surface area contributed by atoms with Gasteiger partial charge in [-0.3, -0.25) is 67.7 Å². The molecule has 0 unspecified atom stereocenters. The van der Waals surface area contributed by atoms with Crippen LogP contribution in [0.3, 0.4) is 0 Å². The summed E-state index contributed by atoms with van der Waals surface area (Å²) in [4.78, 5) is 181. The highest BCUT2D eigenvalue weighted by Gasteiger charge is 2.41. The van der Waals surface area contributed by atoms with Crippen LogP contribution in [-0.4, -0.2) is 227 Å². The summed E-state index contributed by atoms with van der Waals surface area (Å²) in [5.41, 5.74) is 7.61. The number of amides is 11. The molecule has 5 aromatic rings. The highest BCUT2D eigenvalue weighted by molar-refractivity contribution is 6.30. The number of phenols is 1. The number of carbonyl (C=O) groups is 12. The average molecular weight is 1680 g/mol. The van der Waals surface area contributed by atoms with Crippen molar-refractivity contribution < 1.29 is 86.0 Å². The lowest BCUT2D eigenvalue weighted by Crippen LogP contribution is -2.61. The minimum Gasteiger partial charge on any atom is -0.508 e. The summed E-state index contributed by atoms with van der Waals surface area (Å²) in [5, 5.41) is 68.1. The highest BCUT2D eigenvalue weighted by Crippen LogP contribution is 2.23. The number of carbonyl (C=O) groups excluding carboxylic acids is 11. The molecule has 119 heavy (non-hydrogen) atoms. The Balaban J connectivity index is 0.00000344. The number of aliphatic hydroxyl groups is 1. The van der Waals surface area contributed by atoms with Gasteiger partial charge >= 0.3 is 12.1 Å². The molecule has 1 aliphatic heterocycles. The number of phenolic OH excluding ortho intramolecular Hbond substituents is 1. The number of nitrogens with two attached hydrogens (primary N) is 1. The molecule has 0 aliphatic carbocycles. The molecular weight excluding hydrogens is 1570 g/mol. The molecule has 10 atom stereocenters. The van der Waals surface area contributed by atoms with Crippen LogP contribution < -0.4 is 74.9 Å². The third-order valence-corrected chi connectivity index (χ3v) is 19.0. The average Bonchev–Trinajstić information content (AvgIpc) is 1.77. The van der Waals surface area contributed by atoms with E-state index in [1.165, 1.54) is 55.4 Å². The van der Waals surface area contributed by atoms with Crippen LogP contribution in [0.5, 0.6) is 5.75 Å². The van der Waals surface area contributed by atoms with Crippen molar-refractivity contribution in [1.82, 2.24) is 79.0 Å². The van der Waals surface area contributed by atoms with Crippen molar-refractivity contribution in [3.8, 4) is 5.75 Å². The summed E-state index contributed by atoms with van der Waals surface area (Å²) >= 11 is 6.26. The number of likely N-dealkylation sites (tertiary alicyclic amines) is 1. The first-order valence-corrected chi connectivity index (χ1v) is 40.2. The molecule has 0 radical (unpaired) electrons. The van der Waals surface area contributed by atoms with Gasteiger partial charge in [0.25, 0.3) is 0 Å². The number of guanidine groups is 2. The number of aliphatic imine (C=N–C) groups is 2. The van der Waals surface area contributed by atoms with Crippen molar-refractivity contribution in [1.29, 1.82) is 0 Å². The smallest absolute Gasteiger partial charge is 0.490 e. The lowest BCUT2D eigenvalue weighted by Gasteiger charge is -2.31. The summed E-state index contributed by atoms with van der Waals surface area (Å²) in [6, 6.07) is 15.3. The topological polar surface area (TPSA) is 489 Å². The molecule has 4 aromatic carbocycles. The molecule has 0 spiro atoms. The molecule has 650 valence electrons. The number of halogens is 4. The Bertz CT molecular complexity index is 4210. The standard InChI is InChI=1S/C80H113ClN18O13.C2HF3O2/c1-9-84-79(85-10-2)88-38-17-15-24-60(70(104)94-62(41-49(5)6)71(105)93-61(25-16-18-39-89-80(86-11-3)87-12-4)78(112)99-40-20-26-68(99)77(111)90-50(7)69(82)103)92-73(107)64(44-53-30-35-59(102)36-31-53)97-76(110)67(48-100)98-75(109)66(46-55-21-19-37-83-47-55)96-74(108)65(43-52-28-33-58(81)34-29-52)95-72(106)63(91-51(8)101)45-54-27-32-56-22-13-14-23-57(56)42-54;3-2(4,5)1(6)7/h13-14,19,21-23,27-37,42,47,49-50,60-68,100,102H,9-12,15-18,20,24-26,38-41,43-46,48H2,1-8H3,(H2,82,103)(H,90,111)(H,91,101)(H,92,107)(H,93,105)(H,94,104)(H,95,106)(H,96,108)(H,97,110)(H,98,109)(H2,84,85,88)(H2,86,87,89);(H,6,7)/t50-,60-,61+,62+,63-,64+,65+,66-,67-,68+;/m1./s1. The molecular formula is C82H114ClF3N18O15. The number of benzene rings is 4. The van der Waals surface area contributed by atoms with Gasteiger partial charge in [0.2, 0.25) is 65.0 Å². The van der Waals surface area contributed by atoms with Gasteiger partial charge in [0, 0.05) is 95.8 Å². The van der Waals surface area contributed by atoms with E-state index in [0.717, 1.165) is 10.8 Å². The second-order valence-electron chi connectivity index (χ2n) is 28.8. The van der Waals surface area contributed by atoms with Crippen LogP contribution in [-0.2, 0) is 83.2 Å². The molecule has 1 aliphatic rings. The van der Waals surface area contributed by atoms with Crippen molar-refractivity contribution in [3.63, 3.8) is 0 Å². The lowest BCUT2D eigenvalue weighted by atomic mass is 9.99. The third kappa shape index (κ3) is 34.8. The van der Waals surface area contributed by atoms with Gasteiger partial charge in [0.15, 0.2) is 11.9 Å². The number of hydrogen-bond donors (Lipinski definition) is 17. The minimum absolute atomic E-state index is 0.0365. The van der Waals surface area contributed by atoms with E-state index >= 15 is 9.59 Å². The molecule has 0 bridgehead atoms. The Morgan fingerprint density at radius 3 is 1.45 bits per heavy atom. The maximum atomic E-state index is 15.2. The van der Waals surface area contributed by atoms with Gasteiger partial charge in [-0.15, -0.1) is 0 Å². The number of primary amides is 1. The van der Waals surface area contributed by atoms with Crippen LogP contribution in [0.15, 0.2) is 126 Å². The van der Waals surface area contributed by atoms with Gasteiger partial charge in [-0.2, -0.15) is 13.2 Å². The number of aliphatic carboxylic acids is 1. The molecule has 1 fully saturated rings. The SMILES string of the molecule is CCNC(=NCCCC[C@H](NC(=O)[C@H](CC(C)C)NC(=O)[C@@H](CCCCN=C(NCC)NCC)NC(=O)[C@H](Cc1ccc(O)cc1)NC(=O)[C@@H](CO)NC(=O)[C@@H](Cc1cccnc1)NC(=O)[C@H](Cc1ccc(Cl)cc1)NC(=O)[C@@H](Cc1ccc2ccccc2c1)NC(C)=O)C(=O)N1CCC[C@H]1C(=O)N[C@H](C)C(N)=O)NCC.O=C(O)C(F)(F)F. The minimum atomic E-state index is -5.08. The van der Waals surface area contributed by atoms with Gasteiger partial charge < -0.3 is 95.1 Å². The Labute approximate surface area is 695 Å². The number of alkyl halides is 3. The first kappa shape index (κ1) is 97.9. The fraction of sp³-hybridized carbons (Fsp3) is 0.500. The molecule has 37 heteroatoms. The van der Waals surface area contributed by atoms with E-state index in [1.54, 1.807) is 36.4 Å². The number of carboxylic acids is 1. The Kier molecular flexibility index (Phi) is 41.8. The number of carboxylic acid groups (broad SMARTS) is 1. The van der Waals surface area contributed by atoms with Gasteiger partial charge in [-0.25, -0.2) is 4.79 Å². The monoisotopic (exact) mass is 1680 g/mol. The molecule has 1 aromatic heterocycles. The van der Waals surface area contributed by atoms with Gasteiger partial charge in [-0.1, -0.05) is 98.2 Å². The lowest BCUT2D eigenvalue weighted by molar-refractivity contribution is -0.192. The van der Waals surface area contributed by atoms with E-state index in [2.05, 4.69) is 84.1 Å². The van der Waals surface area contributed by atoms with Crippen LogP contribution in [0.1, 0.15) is 135 Å². The predicted molar refractivity (Wildman–Crippen MR) is 442 cm³/mol. The Morgan fingerprint density at radius 2 is 0.966 bits per heavy atom. The highest BCUT2D eigenvalue weighted by atomic mass is 35.5. The fourth-order valence-corrected chi connectivity index (χ4v) is 12.8. The van der Waals surface area contributed by atoms with Crippen LogP contribution >= 0.6 is 11.6 Å². The number of aromatic hydroxyl groups is 1. The zero-order chi connectivity index (χ0) is 87.7. The maximum Gasteiger partial charge on any atom is 0.490 e. The van der Waals surface area contributed by atoms with Crippen LogP contribution in [0.2, 0.25) is 5.02 Å². The molecule has 0 saturated carbocycles. The molecule has 1 saturated heterocycles. The van der Waals surface area contributed by atoms with E-state index in [4.69, 9.17) is 27.2 Å². The van der Waals surface area contributed by atoms with Crippen molar-refractivity contribution >= 4 is 105 Å². The quantitative estimate of drug-likeness (QED) is 0.0151. The number of pyridine rings is 1. The fourth-order valence-electron chi connectivity index (χ4n) is 12.7. The summed E-state index contributed by atoms with van der Waals surface area (Å²) in [6.45, 7) is 16.3. The number of aliphatic hydroxyl groups excluding tert-OH is 1. The Morgan fingerprint density at radius 1 is 0.538 bits per heavy atom. The molecule has 11 amide bonds. The van der Waals surface area contributed by atoms with E-state index in [1.807, 2.05) is 84.0 Å². The summed E-state index contributed by atoms with van der Waals surface area (Å²) in [6.07, 6.45) is -0.316. The van der Waals surface area contributed by atoms with Gasteiger partial charge in [0.1, 0.15) is 66.2 Å². The summed E-state index contributed by atoms with van der Waals surface area (Å²) in [5.74, 6) is -10.5. The van der Waals surface area contributed by atoms with E-state index < -0.39 is 144 Å². The van der Waals surface area contributed by atoms with E-state index in [-0.39, 0.29) is 76.0 Å². The summed E-state index contributed by atoms with van der Waals surface area (Å²) in [7, 11) is 0. The molecule has 18 N–H and O–H groups in total. The number of unbranched alkanes of at least 4 members (excludes halogenated alkanes) is 2. The van der Waals surface area contributed by atoms with Crippen LogP contribution in [0.4, 0.5) is 13.2 Å². The van der Waals surface area contributed by atoms with Crippen LogP contribution in [0.25, 0.3) is 10.8 Å². The second kappa shape index (κ2) is 50.8. The first-order chi connectivity index (χ1) is 56.7. The number of aromatic nitrogens is 1. The number of fused-ring (bicyclic) bond motifs is 1. The zero-order valence-corrected chi connectivity index (χ0v) is 69.0. The van der Waals surface area contributed by atoms with E-state index in [0.29, 0.717) is 104 Å². The molecule has 2 heterocycles. The normalized spacial score (nSPS) is 14.6. The largest absolute Gasteiger partial charge is 0.508 e.